The summed E-state index contributed by atoms with van der Waals surface area (Å²) in [4.78, 5) is 99.8. The Morgan fingerprint density at radius 3 is 2.09 bits per heavy atom. The van der Waals surface area contributed by atoms with Gasteiger partial charge in [-0.25, -0.2) is 8.78 Å². The van der Waals surface area contributed by atoms with Gasteiger partial charge in [0.1, 0.15) is 29.9 Å². The molecule has 1 unspecified atom stereocenters. The summed E-state index contributed by atoms with van der Waals surface area (Å²) in [7, 11) is 0. The van der Waals surface area contributed by atoms with E-state index in [1.165, 1.54) is 11.8 Å². The van der Waals surface area contributed by atoms with Gasteiger partial charge in [-0.05, 0) is 88.5 Å². The Hall–Kier alpha value is -4.17. The molecule has 5 N–H and O–H groups in total. The highest BCUT2D eigenvalue weighted by atomic mass is 19.3. The summed E-state index contributed by atoms with van der Waals surface area (Å²) in [6, 6.07) is -5.65. The predicted octanol–water partition coefficient (Wildman–Crippen LogP) is 4.19. The van der Waals surface area contributed by atoms with Gasteiger partial charge in [-0.15, -0.1) is 0 Å². The first kappa shape index (κ1) is 42.0. The number of ketones is 2. The fourth-order valence-electron chi connectivity index (χ4n) is 8.77. The molecule has 304 valence electrons. The Bertz CT molecular complexity index is 1660. The van der Waals surface area contributed by atoms with E-state index in [1.807, 2.05) is 0 Å². The van der Waals surface area contributed by atoms with Gasteiger partial charge in [0, 0.05) is 24.2 Å². The van der Waals surface area contributed by atoms with Gasteiger partial charge in [0.2, 0.25) is 29.9 Å². The molecule has 0 spiro atoms. The van der Waals surface area contributed by atoms with Crippen LogP contribution in [0.3, 0.4) is 0 Å². The monoisotopic (exact) mass is 772 g/mol. The number of fused-ring (bicyclic) bond motifs is 1. The summed E-state index contributed by atoms with van der Waals surface area (Å²) in [5.74, 6) is -5.29. The first-order valence-corrected chi connectivity index (χ1v) is 20.0. The zero-order valence-corrected chi connectivity index (χ0v) is 32.9. The van der Waals surface area contributed by atoms with Crippen LogP contribution >= 0.6 is 0 Å². The van der Waals surface area contributed by atoms with Crippen LogP contribution in [0.15, 0.2) is 0 Å². The number of halogens is 2. The van der Waals surface area contributed by atoms with E-state index in [9.17, 15) is 42.3 Å². The summed E-state index contributed by atoms with van der Waals surface area (Å²) in [5, 5.41) is 10.8. The zero-order chi connectivity index (χ0) is 40.4. The zero-order valence-electron chi connectivity index (χ0n) is 32.9. The number of carbonyl (C=O) groups is 7. The second kappa shape index (κ2) is 17.3. The summed E-state index contributed by atoms with van der Waals surface area (Å²) in [6.45, 7) is 10.2. The van der Waals surface area contributed by atoms with Gasteiger partial charge in [-0.2, -0.15) is 0 Å². The summed E-state index contributed by atoms with van der Waals surface area (Å²) >= 11 is 0. The van der Waals surface area contributed by atoms with Gasteiger partial charge in [0.25, 0.3) is 11.8 Å². The molecule has 2 heterocycles. The minimum Gasteiger partial charge on any atom is -0.354 e. The van der Waals surface area contributed by atoms with E-state index in [1.54, 1.807) is 34.6 Å². The molecule has 5 rings (SSSR count). The van der Waals surface area contributed by atoms with E-state index in [-0.39, 0.29) is 47.4 Å². The third-order valence-electron chi connectivity index (χ3n) is 12.0. The number of aromatic nitrogens is 1. The molecule has 1 aliphatic heterocycles. The molecule has 13 nitrogen and oxygen atoms in total. The Morgan fingerprint density at radius 1 is 0.855 bits per heavy atom. The molecule has 6 atom stereocenters. The molecule has 55 heavy (non-hydrogen) atoms. The first-order chi connectivity index (χ1) is 25.9. The number of nitrogens with one attached hydrogen (secondary N) is 5. The maximum Gasteiger partial charge on any atom is 0.289 e. The van der Waals surface area contributed by atoms with Gasteiger partial charge in [-0.3, -0.25) is 33.6 Å². The minimum atomic E-state index is -2.98. The van der Waals surface area contributed by atoms with Crippen LogP contribution in [0, 0.1) is 31.1 Å². The predicted molar refractivity (Wildman–Crippen MR) is 199 cm³/mol. The molecule has 0 aromatic carbocycles. The van der Waals surface area contributed by atoms with Crippen LogP contribution in [0.25, 0.3) is 0 Å². The quantitative estimate of drug-likeness (QED) is 0.139. The molecule has 3 aliphatic carbocycles. The Balaban J connectivity index is 1.41. The number of hydrogen-bond acceptors (Lipinski definition) is 7. The van der Waals surface area contributed by atoms with Crippen LogP contribution in [-0.4, -0.2) is 93.7 Å². The Morgan fingerprint density at radius 2 is 1.49 bits per heavy atom. The Kier molecular flexibility index (Phi) is 13.2. The van der Waals surface area contributed by atoms with Gasteiger partial charge in [0.05, 0.1) is 5.56 Å². The van der Waals surface area contributed by atoms with E-state index < -0.39 is 77.7 Å². The number of hydrogen-bond donors (Lipinski definition) is 5. The van der Waals surface area contributed by atoms with Crippen LogP contribution in [0.4, 0.5) is 8.78 Å². The average molecular weight is 773 g/mol. The fraction of sp³-hybridized carbons (Fsp3) is 0.725. The highest BCUT2D eigenvalue weighted by Crippen LogP contribution is 2.41. The van der Waals surface area contributed by atoms with Crippen molar-refractivity contribution >= 4 is 41.1 Å². The molecule has 1 aromatic rings. The number of Topliss-reactive ketones (excluding diaryl/α,β-unsaturated/α-hetero) is 2. The SMILES string of the molecule is CC(=O)c1c(C(=O)NC(C(=O)N[C@H](C(=O)N2[C@H](C(=O)N[C@@H](CC(F)F)C(=O)C(=O)NC3CC3)C[C@@H]3CCCC[C@@H]32)C(C)(C)C)C2CCCCC2)[nH]c(C)c1C. The lowest BCUT2D eigenvalue weighted by Gasteiger charge is -2.40. The van der Waals surface area contributed by atoms with E-state index in [2.05, 4.69) is 26.3 Å². The number of likely N-dealkylation sites (tertiary alicyclic amines) is 1. The minimum absolute atomic E-state index is 0.0651. The maximum atomic E-state index is 14.9. The number of aromatic amines is 1. The van der Waals surface area contributed by atoms with Gasteiger partial charge in [-0.1, -0.05) is 52.9 Å². The van der Waals surface area contributed by atoms with E-state index in [4.69, 9.17) is 0 Å². The first-order valence-electron chi connectivity index (χ1n) is 20.0. The number of alkyl halides is 2. The molecule has 3 saturated carbocycles. The average Bonchev–Trinajstić information content (AvgIpc) is 3.77. The summed E-state index contributed by atoms with van der Waals surface area (Å²) < 4.78 is 27.4. The smallest absolute Gasteiger partial charge is 0.289 e. The summed E-state index contributed by atoms with van der Waals surface area (Å²) in [6.07, 6.45) is 4.64. The second-order valence-corrected chi connectivity index (χ2v) is 17.2. The van der Waals surface area contributed by atoms with Crippen molar-refractivity contribution in [3.8, 4) is 0 Å². The molecule has 15 heteroatoms. The van der Waals surface area contributed by atoms with Crippen molar-refractivity contribution in [1.82, 2.24) is 31.2 Å². The fourth-order valence-corrected chi connectivity index (χ4v) is 8.77. The second-order valence-electron chi connectivity index (χ2n) is 17.2. The molecular formula is C40H58F2N6O7. The van der Waals surface area contributed by atoms with Crippen LogP contribution < -0.4 is 21.3 Å². The Labute approximate surface area is 321 Å². The normalized spacial score (nSPS) is 23.3. The molecule has 0 radical (unpaired) electrons. The van der Waals surface area contributed by atoms with Gasteiger partial charge >= 0.3 is 0 Å². The molecule has 0 bridgehead atoms. The van der Waals surface area contributed by atoms with Gasteiger partial charge < -0.3 is 31.2 Å². The molecule has 1 saturated heterocycles. The molecule has 4 fully saturated rings. The van der Waals surface area contributed by atoms with Crippen molar-refractivity contribution in [2.45, 2.75) is 168 Å². The third kappa shape index (κ3) is 9.80. The number of amides is 5. The molecular weight excluding hydrogens is 714 g/mol. The van der Waals surface area contributed by atoms with Crippen molar-refractivity contribution in [3.63, 3.8) is 0 Å². The van der Waals surface area contributed by atoms with Crippen LogP contribution in [-0.2, 0) is 24.0 Å². The lowest BCUT2D eigenvalue weighted by Crippen LogP contribution is -2.63. The topological polar surface area (TPSA) is 187 Å². The number of rotatable bonds is 14. The standard InChI is InChI=1S/C40H58F2N6O7/c1-20-21(2)43-32(30(20)22(3)49)37(53)46-31(23-12-8-7-9-13-23)36(52)47-34(40(4,5)6)39(55)48-27-15-11-10-14-24(27)18-28(48)35(51)45-26(19-29(41)42)33(50)38(54)44-25-16-17-25/h23-29,31,34,43H,7-19H2,1-6H3,(H,44,54)(H,45,51)(H,46,53)(H,47,52)/t24-,26-,27-,28-,31?,34+/m0/s1. The van der Waals surface area contributed by atoms with E-state index in [0.29, 0.717) is 43.4 Å². The van der Waals surface area contributed by atoms with Crippen molar-refractivity contribution in [2.75, 3.05) is 0 Å². The van der Waals surface area contributed by atoms with Crippen molar-refractivity contribution in [1.29, 1.82) is 0 Å². The van der Waals surface area contributed by atoms with Crippen LogP contribution in [0.1, 0.15) is 143 Å². The maximum absolute atomic E-state index is 14.9. The third-order valence-corrected chi connectivity index (χ3v) is 12.0. The number of H-pyrrole nitrogens is 1. The van der Waals surface area contributed by atoms with Crippen LogP contribution in [0.2, 0.25) is 0 Å². The molecule has 1 aromatic heterocycles. The summed E-state index contributed by atoms with van der Waals surface area (Å²) in [5.41, 5.74) is 0.742. The lowest BCUT2D eigenvalue weighted by atomic mass is 9.81. The highest BCUT2D eigenvalue weighted by Gasteiger charge is 2.51. The lowest BCUT2D eigenvalue weighted by molar-refractivity contribution is -0.147. The number of nitrogens with zero attached hydrogens (tertiary/aromatic N) is 1. The molecule has 5 amide bonds. The van der Waals surface area contributed by atoms with Crippen molar-refractivity contribution in [2.24, 2.45) is 17.3 Å². The van der Waals surface area contributed by atoms with E-state index in [0.717, 1.165) is 38.5 Å². The largest absolute Gasteiger partial charge is 0.354 e. The van der Waals surface area contributed by atoms with Gasteiger partial charge in [0.15, 0.2) is 5.78 Å². The molecule has 4 aliphatic rings. The van der Waals surface area contributed by atoms with Crippen LogP contribution in [0.5, 0.6) is 0 Å². The van der Waals surface area contributed by atoms with E-state index >= 15 is 0 Å². The van der Waals surface area contributed by atoms with Crippen molar-refractivity contribution in [3.05, 3.63) is 22.5 Å². The highest BCUT2D eigenvalue weighted by molar-refractivity contribution is 6.38. The number of aryl methyl sites for hydroxylation is 1. The number of carbonyl (C=O) groups excluding carboxylic acids is 7. The van der Waals surface area contributed by atoms with Crippen molar-refractivity contribution < 1.29 is 42.3 Å².